The Bertz CT molecular complexity index is 735. The van der Waals surface area contributed by atoms with Gasteiger partial charge in [-0.2, -0.15) is 13.2 Å². The van der Waals surface area contributed by atoms with E-state index in [1.807, 2.05) is 27.7 Å². The lowest BCUT2D eigenvalue weighted by molar-refractivity contribution is -0.165. The number of nitrogens with zero attached hydrogens (tertiary/aromatic N) is 1. The number of carbonyl (C=O) groups is 3. The molecule has 0 aromatic heterocycles. The number of ether oxygens (including phenoxy) is 1. The molecular formula is C19H23F3N2O4. The number of alkyl halides is 3. The van der Waals surface area contributed by atoms with Crippen LogP contribution >= 0.6 is 0 Å². The summed E-state index contributed by atoms with van der Waals surface area (Å²) < 4.78 is 41.6. The first kappa shape index (κ1) is 23.2. The van der Waals surface area contributed by atoms with Gasteiger partial charge in [-0.15, -0.1) is 0 Å². The zero-order valence-corrected chi connectivity index (χ0v) is 16.0. The van der Waals surface area contributed by atoms with E-state index >= 15 is 0 Å². The summed E-state index contributed by atoms with van der Waals surface area (Å²) in [6.45, 7) is 6.90. The Morgan fingerprint density at radius 1 is 1.11 bits per heavy atom. The summed E-state index contributed by atoms with van der Waals surface area (Å²) >= 11 is 0. The first-order valence-corrected chi connectivity index (χ1v) is 8.56. The second-order valence-electron chi connectivity index (χ2n) is 6.45. The molecule has 0 saturated carbocycles. The van der Waals surface area contributed by atoms with Gasteiger partial charge < -0.3 is 15.0 Å². The third-order valence-electron chi connectivity index (χ3n) is 3.63. The molecule has 9 heteroatoms. The Morgan fingerprint density at radius 2 is 1.68 bits per heavy atom. The van der Waals surface area contributed by atoms with Gasteiger partial charge in [0.05, 0.1) is 11.3 Å². The molecule has 1 aromatic rings. The molecular weight excluding hydrogens is 377 g/mol. The van der Waals surface area contributed by atoms with Gasteiger partial charge in [0.15, 0.2) is 6.61 Å². The quantitative estimate of drug-likeness (QED) is 0.534. The summed E-state index contributed by atoms with van der Waals surface area (Å²) in [6, 6.07) is 5.74. The van der Waals surface area contributed by atoms with Gasteiger partial charge in [0.2, 0.25) is 0 Å². The van der Waals surface area contributed by atoms with Crippen molar-refractivity contribution in [3.05, 3.63) is 42.1 Å². The Labute approximate surface area is 161 Å². The molecule has 0 aliphatic heterocycles. The minimum Gasteiger partial charge on any atom is -0.452 e. The molecule has 0 aliphatic carbocycles. The molecule has 0 unspecified atom stereocenters. The van der Waals surface area contributed by atoms with Crippen molar-refractivity contribution in [2.24, 2.45) is 0 Å². The molecule has 0 aliphatic rings. The molecule has 0 spiro atoms. The van der Waals surface area contributed by atoms with Crippen molar-refractivity contribution >= 4 is 23.3 Å². The highest BCUT2D eigenvalue weighted by Crippen LogP contribution is 2.18. The number of rotatable bonds is 8. The predicted octanol–water partition coefficient (Wildman–Crippen LogP) is 3.55. The average Bonchev–Trinajstić information content (AvgIpc) is 2.58. The summed E-state index contributed by atoms with van der Waals surface area (Å²) in [7, 11) is 0. The SMILES string of the molecule is CC(C)N(C(=O)COC(=O)c1ccccc1NC=CC(=O)C(F)(F)F)C(C)C. The van der Waals surface area contributed by atoms with E-state index < -0.39 is 24.5 Å². The van der Waals surface area contributed by atoms with Crippen LogP contribution < -0.4 is 5.32 Å². The summed E-state index contributed by atoms with van der Waals surface area (Å²) in [4.78, 5) is 37.0. The van der Waals surface area contributed by atoms with Crippen LogP contribution in [0.1, 0.15) is 38.1 Å². The van der Waals surface area contributed by atoms with E-state index in [1.165, 1.54) is 18.2 Å². The lowest BCUT2D eigenvalue weighted by Crippen LogP contribution is -2.44. The monoisotopic (exact) mass is 400 g/mol. The number of amides is 1. The first-order chi connectivity index (χ1) is 12.9. The smallest absolute Gasteiger partial charge is 0.452 e. The van der Waals surface area contributed by atoms with Gasteiger partial charge in [-0.1, -0.05) is 12.1 Å². The topological polar surface area (TPSA) is 75.7 Å². The number of hydrogen-bond donors (Lipinski definition) is 1. The minimum absolute atomic E-state index is 0.0139. The van der Waals surface area contributed by atoms with E-state index in [-0.39, 0.29) is 29.2 Å². The van der Waals surface area contributed by atoms with E-state index in [4.69, 9.17) is 4.74 Å². The predicted molar refractivity (Wildman–Crippen MR) is 97.7 cm³/mol. The van der Waals surface area contributed by atoms with Gasteiger partial charge in [-0.25, -0.2) is 4.79 Å². The average molecular weight is 400 g/mol. The second kappa shape index (κ2) is 9.91. The van der Waals surface area contributed by atoms with Crippen LogP contribution in [0.5, 0.6) is 0 Å². The van der Waals surface area contributed by atoms with Crippen molar-refractivity contribution < 1.29 is 32.3 Å². The van der Waals surface area contributed by atoms with Crippen molar-refractivity contribution in [3.63, 3.8) is 0 Å². The maximum absolute atomic E-state index is 12.3. The molecule has 0 atom stereocenters. The number of halogens is 3. The molecule has 0 bridgehead atoms. The number of para-hydroxylation sites is 1. The number of anilines is 1. The van der Waals surface area contributed by atoms with Crippen LogP contribution in [-0.2, 0) is 14.3 Å². The normalized spacial score (nSPS) is 11.8. The van der Waals surface area contributed by atoms with E-state index in [1.54, 1.807) is 11.0 Å². The Kier molecular flexibility index (Phi) is 8.21. The van der Waals surface area contributed by atoms with Crippen molar-refractivity contribution in [1.82, 2.24) is 4.90 Å². The third-order valence-corrected chi connectivity index (χ3v) is 3.63. The Hall–Kier alpha value is -2.84. The Balaban J connectivity index is 2.81. The van der Waals surface area contributed by atoms with Crippen molar-refractivity contribution in [3.8, 4) is 0 Å². The fraction of sp³-hybridized carbons (Fsp3) is 0.421. The molecule has 0 fully saturated rings. The highest BCUT2D eigenvalue weighted by molar-refractivity contribution is 5.97. The van der Waals surface area contributed by atoms with Crippen LogP contribution in [-0.4, -0.2) is 47.4 Å². The highest BCUT2D eigenvalue weighted by Gasteiger charge is 2.36. The number of ketones is 1. The number of nitrogens with one attached hydrogen (secondary N) is 1. The van der Waals surface area contributed by atoms with E-state index in [9.17, 15) is 27.6 Å². The number of carbonyl (C=O) groups excluding carboxylic acids is 3. The van der Waals surface area contributed by atoms with Crippen molar-refractivity contribution in [1.29, 1.82) is 0 Å². The second-order valence-corrected chi connectivity index (χ2v) is 6.45. The molecule has 154 valence electrons. The van der Waals surface area contributed by atoms with Gasteiger partial charge in [0, 0.05) is 24.4 Å². The number of esters is 1. The molecule has 0 radical (unpaired) electrons. The zero-order valence-electron chi connectivity index (χ0n) is 16.0. The summed E-state index contributed by atoms with van der Waals surface area (Å²) in [6.07, 6.45) is -3.88. The van der Waals surface area contributed by atoms with Crippen LogP contribution in [0, 0.1) is 0 Å². The largest absolute Gasteiger partial charge is 0.454 e. The number of hydrogen-bond acceptors (Lipinski definition) is 5. The molecule has 0 saturated heterocycles. The summed E-state index contributed by atoms with van der Waals surface area (Å²) in [5.41, 5.74) is 0.149. The van der Waals surface area contributed by atoms with Crippen LogP contribution in [0.3, 0.4) is 0 Å². The van der Waals surface area contributed by atoms with E-state index in [2.05, 4.69) is 5.32 Å². The molecule has 1 rings (SSSR count). The molecule has 1 amide bonds. The number of allylic oxidation sites excluding steroid dienone is 1. The van der Waals surface area contributed by atoms with Crippen molar-refractivity contribution in [2.75, 3.05) is 11.9 Å². The van der Waals surface area contributed by atoms with Crippen LogP contribution in [0.2, 0.25) is 0 Å². The Morgan fingerprint density at radius 3 is 2.21 bits per heavy atom. The molecule has 1 aromatic carbocycles. The molecule has 1 N–H and O–H groups in total. The van der Waals surface area contributed by atoms with Crippen LogP contribution in [0.15, 0.2) is 36.5 Å². The van der Waals surface area contributed by atoms with Crippen molar-refractivity contribution in [2.45, 2.75) is 46.0 Å². The standard InChI is InChI=1S/C19H23F3N2O4/c1-12(2)24(13(3)4)17(26)11-28-18(27)14-7-5-6-8-15(14)23-10-9-16(25)19(20,21)22/h5-10,12-13,23H,11H2,1-4H3. The fourth-order valence-electron chi connectivity index (χ4n) is 2.54. The van der Waals surface area contributed by atoms with E-state index in [0.717, 1.165) is 6.20 Å². The lowest BCUT2D eigenvalue weighted by Gasteiger charge is -2.30. The van der Waals surface area contributed by atoms with Gasteiger partial charge in [0.25, 0.3) is 11.7 Å². The highest BCUT2D eigenvalue weighted by atomic mass is 19.4. The van der Waals surface area contributed by atoms with Gasteiger partial charge in [0.1, 0.15) is 0 Å². The van der Waals surface area contributed by atoms with Crippen LogP contribution in [0.25, 0.3) is 0 Å². The minimum atomic E-state index is -4.98. The van der Waals surface area contributed by atoms with Crippen LogP contribution in [0.4, 0.5) is 18.9 Å². The molecule has 28 heavy (non-hydrogen) atoms. The first-order valence-electron chi connectivity index (χ1n) is 8.56. The van der Waals surface area contributed by atoms with Gasteiger partial charge in [-0.3, -0.25) is 9.59 Å². The zero-order chi connectivity index (χ0) is 21.5. The fourth-order valence-corrected chi connectivity index (χ4v) is 2.54. The van der Waals surface area contributed by atoms with Gasteiger partial charge in [-0.05, 0) is 39.8 Å². The third kappa shape index (κ3) is 6.71. The number of benzene rings is 1. The van der Waals surface area contributed by atoms with E-state index in [0.29, 0.717) is 6.08 Å². The lowest BCUT2D eigenvalue weighted by atomic mass is 10.2. The maximum Gasteiger partial charge on any atom is 0.454 e. The molecule has 0 heterocycles. The molecule has 6 nitrogen and oxygen atoms in total. The van der Waals surface area contributed by atoms with Gasteiger partial charge >= 0.3 is 12.1 Å². The summed E-state index contributed by atoms with van der Waals surface area (Å²) in [5.74, 6) is -3.22. The maximum atomic E-state index is 12.3. The summed E-state index contributed by atoms with van der Waals surface area (Å²) in [5, 5.41) is 2.45.